The van der Waals surface area contributed by atoms with Crippen molar-refractivity contribution in [2.45, 2.75) is 58.5 Å². The van der Waals surface area contributed by atoms with E-state index < -0.39 is 5.60 Å². The number of anilines is 1. The number of rotatable bonds is 7. The van der Waals surface area contributed by atoms with Gasteiger partial charge in [0.05, 0.1) is 12.0 Å². The van der Waals surface area contributed by atoms with Crippen molar-refractivity contribution in [3.05, 3.63) is 11.1 Å². The first kappa shape index (κ1) is 15.1. The Bertz CT molecular complexity index is 384. The molecule has 0 bridgehead atoms. The standard InChI is InChI=1S/C13H22N2O2S/c1-4-6-13(17,7-5-2)8-11(16)15-12-14-9-10(3)18-12/h9,17H,4-8H2,1-3H3,(H,14,15,16). The van der Waals surface area contributed by atoms with Gasteiger partial charge in [-0.05, 0) is 19.8 Å². The number of aliphatic hydroxyl groups is 1. The largest absolute Gasteiger partial charge is 0.389 e. The summed E-state index contributed by atoms with van der Waals surface area (Å²) in [6.45, 7) is 5.98. The van der Waals surface area contributed by atoms with E-state index in [0.717, 1.165) is 17.7 Å². The van der Waals surface area contributed by atoms with E-state index in [1.165, 1.54) is 11.3 Å². The van der Waals surface area contributed by atoms with Crippen LogP contribution in [0.3, 0.4) is 0 Å². The highest BCUT2D eigenvalue weighted by Crippen LogP contribution is 2.25. The predicted octanol–water partition coefficient (Wildman–Crippen LogP) is 3.11. The molecule has 18 heavy (non-hydrogen) atoms. The van der Waals surface area contributed by atoms with Crippen molar-refractivity contribution < 1.29 is 9.90 Å². The number of amides is 1. The molecule has 0 aliphatic heterocycles. The lowest BCUT2D eigenvalue weighted by atomic mass is 9.89. The molecule has 1 aromatic heterocycles. The van der Waals surface area contributed by atoms with Gasteiger partial charge in [-0.25, -0.2) is 4.98 Å². The fourth-order valence-corrected chi connectivity index (χ4v) is 2.79. The Morgan fingerprint density at radius 2 is 2.06 bits per heavy atom. The molecule has 0 aliphatic rings. The maximum Gasteiger partial charge on any atom is 0.229 e. The van der Waals surface area contributed by atoms with Gasteiger partial charge in [0.15, 0.2) is 5.13 Å². The predicted molar refractivity (Wildman–Crippen MR) is 74.9 cm³/mol. The van der Waals surface area contributed by atoms with E-state index in [2.05, 4.69) is 10.3 Å². The first-order chi connectivity index (χ1) is 8.49. The number of nitrogens with one attached hydrogen (secondary N) is 1. The zero-order valence-electron chi connectivity index (χ0n) is 11.3. The number of aromatic nitrogens is 1. The molecular weight excluding hydrogens is 248 g/mol. The average molecular weight is 270 g/mol. The van der Waals surface area contributed by atoms with Gasteiger partial charge in [0.25, 0.3) is 0 Å². The van der Waals surface area contributed by atoms with E-state index in [0.29, 0.717) is 18.0 Å². The van der Waals surface area contributed by atoms with E-state index in [4.69, 9.17) is 0 Å². The van der Waals surface area contributed by atoms with Crippen LogP contribution in [0.1, 0.15) is 50.8 Å². The molecule has 0 aromatic carbocycles. The molecule has 0 fully saturated rings. The molecule has 0 atom stereocenters. The minimum Gasteiger partial charge on any atom is -0.389 e. The summed E-state index contributed by atoms with van der Waals surface area (Å²) in [4.78, 5) is 17.0. The number of thiazole rings is 1. The molecule has 0 spiro atoms. The van der Waals surface area contributed by atoms with Gasteiger partial charge in [-0.3, -0.25) is 4.79 Å². The highest BCUT2D eigenvalue weighted by atomic mass is 32.1. The summed E-state index contributed by atoms with van der Waals surface area (Å²) in [7, 11) is 0. The number of aryl methyl sites for hydroxylation is 1. The van der Waals surface area contributed by atoms with Crippen molar-refractivity contribution in [3.63, 3.8) is 0 Å². The van der Waals surface area contributed by atoms with Gasteiger partial charge in [-0.2, -0.15) is 0 Å². The third-order valence-corrected chi connectivity index (χ3v) is 3.62. The fraction of sp³-hybridized carbons (Fsp3) is 0.692. The molecule has 1 aromatic rings. The van der Waals surface area contributed by atoms with Crippen LogP contribution in [0.15, 0.2) is 6.20 Å². The maximum atomic E-state index is 11.9. The van der Waals surface area contributed by atoms with Crippen LogP contribution in [0.25, 0.3) is 0 Å². The molecule has 4 nitrogen and oxygen atoms in total. The maximum absolute atomic E-state index is 11.9. The molecule has 0 aliphatic carbocycles. The summed E-state index contributed by atoms with van der Waals surface area (Å²) in [6, 6.07) is 0. The molecule has 0 radical (unpaired) electrons. The van der Waals surface area contributed by atoms with Crippen molar-refractivity contribution in [2.75, 3.05) is 5.32 Å². The van der Waals surface area contributed by atoms with Gasteiger partial charge in [-0.15, -0.1) is 11.3 Å². The van der Waals surface area contributed by atoms with E-state index in [9.17, 15) is 9.90 Å². The van der Waals surface area contributed by atoms with Crippen LogP contribution in [-0.4, -0.2) is 21.6 Å². The zero-order chi connectivity index (χ0) is 13.6. The van der Waals surface area contributed by atoms with Crippen LogP contribution in [0, 0.1) is 6.92 Å². The highest BCUT2D eigenvalue weighted by Gasteiger charge is 2.28. The Hall–Kier alpha value is -0.940. The zero-order valence-corrected chi connectivity index (χ0v) is 12.1. The minimum absolute atomic E-state index is 0.146. The van der Waals surface area contributed by atoms with Crippen LogP contribution in [0.4, 0.5) is 5.13 Å². The average Bonchev–Trinajstić information content (AvgIpc) is 2.63. The normalized spacial score (nSPS) is 11.6. The smallest absolute Gasteiger partial charge is 0.229 e. The number of nitrogens with zero attached hydrogens (tertiary/aromatic N) is 1. The summed E-state index contributed by atoms with van der Waals surface area (Å²) in [6.07, 6.45) is 4.94. The first-order valence-corrected chi connectivity index (χ1v) is 7.25. The second-order valence-corrected chi connectivity index (χ2v) is 5.96. The third kappa shape index (κ3) is 4.74. The lowest BCUT2D eigenvalue weighted by molar-refractivity contribution is -0.121. The lowest BCUT2D eigenvalue weighted by Gasteiger charge is -2.26. The van der Waals surface area contributed by atoms with Gasteiger partial charge >= 0.3 is 0 Å². The summed E-state index contributed by atoms with van der Waals surface area (Å²) in [5.74, 6) is -0.159. The van der Waals surface area contributed by atoms with Crippen LogP contribution in [-0.2, 0) is 4.79 Å². The Kier molecular flexibility index (Phi) is 5.75. The molecule has 0 saturated carbocycles. The van der Waals surface area contributed by atoms with E-state index in [1.807, 2.05) is 20.8 Å². The topological polar surface area (TPSA) is 62.2 Å². The van der Waals surface area contributed by atoms with Crippen molar-refractivity contribution in [1.82, 2.24) is 4.98 Å². The van der Waals surface area contributed by atoms with Crippen molar-refractivity contribution in [2.24, 2.45) is 0 Å². The molecular formula is C13H22N2O2S. The van der Waals surface area contributed by atoms with Crippen LogP contribution in [0.5, 0.6) is 0 Å². The first-order valence-electron chi connectivity index (χ1n) is 6.43. The molecule has 5 heteroatoms. The molecule has 1 rings (SSSR count). The van der Waals surface area contributed by atoms with Crippen molar-refractivity contribution in [1.29, 1.82) is 0 Å². The van der Waals surface area contributed by atoms with Gasteiger partial charge in [0, 0.05) is 11.1 Å². The highest BCUT2D eigenvalue weighted by molar-refractivity contribution is 7.15. The molecule has 2 N–H and O–H groups in total. The number of hydrogen-bond donors (Lipinski definition) is 2. The summed E-state index contributed by atoms with van der Waals surface area (Å²) in [5, 5.41) is 13.7. The van der Waals surface area contributed by atoms with Gasteiger partial charge in [0.1, 0.15) is 0 Å². The summed E-state index contributed by atoms with van der Waals surface area (Å²) in [5.41, 5.74) is -0.875. The van der Waals surface area contributed by atoms with Crippen LogP contribution in [0.2, 0.25) is 0 Å². The Labute approximate surface area is 112 Å². The second kappa shape index (κ2) is 6.85. The lowest BCUT2D eigenvalue weighted by Crippen LogP contribution is -2.33. The van der Waals surface area contributed by atoms with Crippen LogP contribution < -0.4 is 5.32 Å². The van der Waals surface area contributed by atoms with Crippen molar-refractivity contribution in [3.8, 4) is 0 Å². The second-order valence-electron chi connectivity index (χ2n) is 4.73. The Balaban J connectivity index is 2.55. The molecule has 1 amide bonds. The molecule has 1 heterocycles. The minimum atomic E-state index is -0.875. The number of carbonyl (C=O) groups is 1. The molecule has 0 saturated heterocycles. The van der Waals surface area contributed by atoms with E-state index in [1.54, 1.807) is 6.20 Å². The quantitative estimate of drug-likeness (QED) is 0.800. The fourth-order valence-electron chi connectivity index (χ4n) is 2.11. The van der Waals surface area contributed by atoms with E-state index in [-0.39, 0.29) is 12.3 Å². The number of hydrogen-bond acceptors (Lipinski definition) is 4. The van der Waals surface area contributed by atoms with Crippen molar-refractivity contribution >= 4 is 22.4 Å². The summed E-state index contributed by atoms with van der Waals surface area (Å²) >= 11 is 1.44. The Morgan fingerprint density at radius 3 is 2.50 bits per heavy atom. The van der Waals surface area contributed by atoms with Gasteiger partial charge < -0.3 is 10.4 Å². The summed E-state index contributed by atoms with van der Waals surface area (Å²) < 4.78 is 0. The van der Waals surface area contributed by atoms with Crippen LogP contribution >= 0.6 is 11.3 Å². The van der Waals surface area contributed by atoms with E-state index >= 15 is 0 Å². The Morgan fingerprint density at radius 1 is 1.44 bits per heavy atom. The molecule has 0 unspecified atom stereocenters. The third-order valence-electron chi connectivity index (χ3n) is 2.79. The SMILES string of the molecule is CCCC(O)(CCC)CC(=O)Nc1ncc(C)s1. The number of carbonyl (C=O) groups excluding carboxylic acids is 1. The van der Waals surface area contributed by atoms with Gasteiger partial charge in [-0.1, -0.05) is 26.7 Å². The molecule has 102 valence electrons. The van der Waals surface area contributed by atoms with Gasteiger partial charge in [0.2, 0.25) is 5.91 Å². The monoisotopic (exact) mass is 270 g/mol.